The molecule has 1 rings (SSSR count). The monoisotopic (exact) mass is 143 g/mol. The molecule has 1 aliphatic carbocycles. The summed E-state index contributed by atoms with van der Waals surface area (Å²) in [7, 11) is 1.93. The highest BCUT2D eigenvalue weighted by Crippen LogP contribution is 2.18. The number of rotatable bonds is 1. The van der Waals surface area contributed by atoms with Crippen molar-refractivity contribution in [2.45, 2.75) is 12.8 Å². The van der Waals surface area contributed by atoms with Crippen LogP contribution in [0, 0.1) is 0 Å². The summed E-state index contributed by atoms with van der Waals surface area (Å²) in [6.07, 6.45) is 5.99. The minimum Gasteiger partial charge on any atom is -0.391 e. The third-order valence-corrected chi connectivity index (χ3v) is 1.73. The van der Waals surface area contributed by atoms with Gasteiger partial charge in [-0.3, -0.25) is 0 Å². The summed E-state index contributed by atoms with van der Waals surface area (Å²) in [6, 6.07) is 0. The average molecular weight is 144 g/mol. The van der Waals surface area contributed by atoms with Crippen molar-refractivity contribution in [2.24, 2.45) is 0 Å². The molecule has 0 radical (unpaired) electrons. The van der Waals surface area contributed by atoms with Crippen LogP contribution < -0.4 is 5.32 Å². The molecule has 1 nitrogen and oxygen atoms in total. The smallest absolute Gasteiger partial charge is 0.0185 e. The van der Waals surface area contributed by atoms with Crippen LogP contribution >= 0.6 is 11.6 Å². The zero-order valence-corrected chi connectivity index (χ0v) is 6.20. The Labute approximate surface area is 60.4 Å². The van der Waals surface area contributed by atoms with Crippen LogP contribution in [-0.2, 0) is 0 Å². The van der Waals surface area contributed by atoms with Gasteiger partial charge in [0.05, 0.1) is 0 Å². The van der Waals surface area contributed by atoms with Crippen molar-refractivity contribution in [3.63, 3.8) is 0 Å². The van der Waals surface area contributed by atoms with Crippen molar-refractivity contribution in [3.8, 4) is 0 Å². The van der Waals surface area contributed by atoms with Gasteiger partial charge in [0.1, 0.15) is 0 Å². The molecule has 0 saturated heterocycles. The quantitative estimate of drug-likeness (QED) is 0.592. The Kier molecular flexibility index (Phi) is 2.17. The second-order valence-corrected chi connectivity index (χ2v) is 2.54. The highest BCUT2D eigenvalue weighted by atomic mass is 35.5. The van der Waals surface area contributed by atoms with E-state index in [-0.39, 0.29) is 0 Å². The van der Waals surface area contributed by atoms with Crippen LogP contribution in [0.4, 0.5) is 0 Å². The summed E-state index contributed by atoms with van der Waals surface area (Å²) in [5.74, 6) is 0. The van der Waals surface area contributed by atoms with E-state index in [1.165, 1.54) is 5.70 Å². The fourth-order valence-electron chi connectivity index (χ4n) is 0.820. The first-order valence-corrected chi connectivity index (χ1v) is 3.43. The van der Waals surface area contributed by atoms with Crippen molar-refractivity contribution < 1.29 is 0 Å². The van der Waals surface area contributed by atoms with Crippen LogP contribution in [0.25, 0.3) is 0 Å². The molecule has 0 bridgehead atoms. The molecule has 0 fully saturated rings. The molecule has 0 amide bonds. The molecule has 50 valence electrons. The normalized spacial score (nSPS) is 18.4. The topological polar surface area (TPSA) is 12.0 Å². The van der Waals surface area contributed by atoms with Crippen molar-refractivity contribution in [1.82, 2.24) is 5.32 Å². The highest BCUT2D eigenvalue weighted by Gasteiger charge is 2.00. The van der Waals surface area contributed by atoms with Gasteiger partial charge in [0.25, 0.3) is 0 Å². The Balaban J connectivity index is 2.59. The van der Waals surface area contributed by atoms with Crippen molar-refractivity contribution in [2.75, 3.05) is 7.05 Å². The van der Waals surface area contributed by atoms with Crippen LogP contribution in [0.3, 0.4) is 0 Å². The zero-order chi connectivity index (χ0) is 6.69. The summed E-state index contributed by atoms with van der Waals surface area (Å²) in [4.78, 5) is 0. The first-order chi connectivity index (χ1) is 4.33. The minimum absolute atomic E-state index is 0.953. The summed E-state index contributed by atoms with van der Waals surface area (Å²) in [6.45, 7) is 0. The minimum atomic E-state index is 0.953. The third-order valence-electron chi connectivity index (χ3n) is 1.42. The lowest BCUT2D eigenvalue weighted by atomic mass is 10.1. The van der Waals surface area contributed by atoms with Crippen LogP contribution in [0.2, 0.25) is 0 Å². The standard InChI is InChI=1S/C7H10ClN/c1-9-7-4-2-6(8)3-5-7/h2,4,9H,3,5H2,1H3. The van der Waals surface area contributed by atoms with Crippen LogP contribution in [0.5, 0.6) is 0 Å². The van der Waals surface area contributed by atoms with Gasteiger partial charge >= 0.3 is 0 Å². The van der Waals surface area contributed by atoms with Gasteiger partial charge in [0, 0.05) is 17.8 Å². The Morgan fingerprint density at radius 2 is 2.22 bits per heavy atom. The first-order valence-electron chi connectivity index (χ1n) is 3.06. The SMILES string of the molecule is CNC1=CC=C(Cl)CC1. The molecule has 0 aliphatic heterocycles. The lowest BCUT2D eigenvalue weighted by molar-refractivity contribution is 0.834. The predicted molar refractivity (Wildman–Crippen MR) is 40.3 cm³/mol. The second kappa shape index (κ2) is 2.92. The fraction of sp³-hybridized carbons (Fsp3) is 0.429. The van der Waals surface area contributed by atoms with Gasteiger partial charge in [-0.2, -0.15) is 0 Å². The lowest BCUT2D eigenvalue weighted by Gasteiger charge is -2.08. The van der Waals surface area contributed by atoms with E-state index in [0.717, 1.165) is 17.9 Å². The van der Waals surface area contributed by atoms with E-state index in [0.29, 0.717) is 0 Å². The van der Waals surface area contributed by atoms with Gasteiger partial charge < -0.3 is 5.32 Å². The molecule has 1 aliphatic rings. The molecule has 0 unspecified atom stereocenters. The van der Waals surface area contributed by atoms with Crippen molar-refractivity contribution in [3.05, 3.63) is 22.9 Å². The van der Waals surface area contributed by atoms with Gasteiger partial charge in [-0.05, 0) is 25.0 Å². The Hall–Kier alpha value is -0.430. The molecule has 0 saturated carbocycles. The summed E-state index contributed by atoms with van der Waals surface area (Å²) in [5.41, 5.74) is 1.26. The van der Waals surface area contributed by atoms with Crippen molar-refractivity contribution in [1.29, 1.82) is 0 Å². The molecule has 0 spiro atoms. The molecule has 0 atom stereocenters. The molecule has 2 heteroatoms. The Morgan fingerprint density at radius 3 is 2.67 bits per heavy atom. The summed E-state index contributed by atoms with van der Waals surface area (Å²) < 4.78 is 0. The van der Waals surface area contributed by atoms with E-state index in [4.69, 9.17) is 11.6 Å². The number of nitrogens with one attached hydrogen (secondary N) is 1. The van der Waals surface area contributed by atoms with Crippen LogP contribution in [0.15, 0.2) is 22.9 Å². The van der Waals surface area contributed by atoms with Crippen LogP contribution in [-0.4, -0.2) is 7.05 Å². The number of hydrogen-bond acceptors (Lipinski definition) is 1. The van der Waals surface area contributed by atoms with E-state index in [1.54, 1.807) is 0 Å². The Morgan fingerprint density at radius 1 is 1.44 bits per heavy atom. The Bertz CT molecular complexity index is 158. The van der Waals surface area contributed by atoms with Gasteiger partial charge in [0.2, 0.25) is 0 Å². The average Bonchev–Trinajstić information content (AvgIpc) is 1.90. The van der Waals surface area contributed by atoms with Crippen molar-refractivity contribution >= 4 is 11.6 Å². The number of halogens is 1. The molecule has 1 N–H and O–H groups in total. The highest BCUT2D eigenvalue weighted by molar-refractivity contribution is 6.29. The number of allylic oxidation sites excluding steroid dienone is 4. The molecule has 9 heavy (non-hydrogen) atoms. The molecule has 0 aromatic carbocycles. The van der Waals surface area contributed by atoms with Gasteiger partial charge in [-0.15, -0.1) is 0 Å². The van der Waals surface area contributed by atoms with E-state index in [1.807, 2.05) is 19.2 Å². The maximum Gasteiger partial charge on any atom is 0.0185 e. The van der Waals surface area contributed by atoms with Gasteiger partial charge in [-0.1, -0.05) is 11.6 Å². The van der Waals surface area contributed by atoms with Gasteiger partial charge in [0.15, 0.2) is 0 Å². The molecular formula is C7H10ClN. The van der Waals surface area contributed by atoms with Gasteiger partial charge in [-0.25, -0.2) is 0 Å². The molecule has 0 aromatic heterocycles. The maximum absolute atomic E-state index is 5.73. The number of hydrogen-bond donors (Lipinski definition) is 1. The lowest BCUT2D eigenvalue weighted by Crippen LogP contribution is -2.06. The van der Waals surface area contributed by atoms with E-state index in [9.17, 15) is 0 Å². The third kappa shape index (κ3) is 1.75. The van der Waals surface area contributed by atoms with Crippen LogP contribution in [0.1, 0.15) is 12.8 Å². The first kappa shape index (κ1) is 6.69. The molecular weight excluding hydrogens is 134 g/mol. The zero-order valence-electron chi connectivity index (χ0n) is 5.45. The maximum atomic E-state index is 5.73. The second-order valence-electron chi connectivity index (χ2n) is 2.06. The molecule has 0 heterocycles. The largest absolute Gasteiger partial charge is 0.391 e. The van der Waals surface area contributed by atoms with E-state index >= 15 is 0 Å². The fourth-order valence-corrected chi connectivity index (χ4v) is 0.978. The molecule has 0 aromatic rings. The summed E-state index contributed by atoms with van der Waals surface area (Å²) >= 11 is 5.73. The van der Waals surface area contributed by atoms with E-state index < -0.39 is 0 Å². The summed E-state index contributed by atoms with van der Waals surface area (Å²) in [5, 5.41) is 4.04. The van der Waals surface area contributed by atoms with E-state index in [2.05, 4.69) is 5.32 Å². The predicted octanol–water partition coefficient (Wildman–Crippen LogP) is 2.01.